The molecule has 5 heteroatoms. The molecule has 228 valence electrons. The monoisotopic (exact) mass is 557 g/mol. The van der Waals surface area contributed by atoms with E-state index >= 15 is 0 Å². The highest BCUT2D eigenvalue weighted by atomic mass is 16.7. The lowest BCUT2D eigenvalue weighted by Crippen LogP contribution is -2.32. The van der Waals surface area contributed by atoms with Crippen LogP contribution in [0.3, 0.4) is 0 Å². The smallest absolute Gasteiger partial charge is 0.303 e. The molecule has 0 amide bonds. The molecule has 0 saturated heterocycles. The maximum atomic E-state index is 13.1. The van der Waals surface area contributed by atoms with Gasteiger partial charge in [-0.15, -0.1) is 0 Å². The third-order valence-corrected chi connectivity index (χ3v) is 7.49. The molecule has 0 spiro atoms. The topological polar surface area (TPSA) is 75.6 Å². The van der Waals surface area contributed by atoms with E-state index in [1.807, 2.05) is 24.3 Å². The van der Waals surface area contributed by atoms with E-state index in [-0.39, 0.29) is 12.2 Å². The van der Waals surface area contributed by atoms with Gasteiger partial charge in [0.25, 0.3) is 0 Å². The van der Waals surface area contributed by atoms with Crippen LogP contribution in [0.15, 0.2) is 30.3 Å². The number of aliphatic carboxylic acids is 1. The molecule has 1 unspecified atom stereocenters. The van der Waals surface area contributed by atoms with E-state index in [9.17, 15) is 9.59 Å². The molecule has 2 N–H and O–H groups in total. The van der Waals surface area contributed by atoms with E-state index in [1.165, 1.54) is 89.9 Å². The van der Waals surface area contributed by atoms with E-state index in [0.29, 0.717) is 24.9 Å². The summed E-state index contributed by atoms with van der Waals surface area (Å²) in [5.41, 5.74) is 4.57. The molecule has 0 bridgehead atoms. The Labute approximate surface area is 245 Å². The quantitative estimate of drug-likeness (QED) is 0.0609. The molecule has 0 fully saturated rings. The number of carbonyl (C=O) groups excluding carboxylic acids is 1. The second-order valence-corrected chi connectivity index (χ2v) is 11.3. The van der Waals surface area contributed by atoms with Crippen molar-refractivity contribution in [3.63, 3.8) is 0 Å². The molecule has 0 aromatic heterocycles. The van der Waals surface area contributed by atoms with Gasteiger partial charge in [-0.3, -0.25) is 14.4 Å². The van der Waals surface area contributed by atoms with E-state index in [2.05, 4.69) is 31.5 Å². The van der Waals surface area contributed by atoms with Gasteiger partial charge in [-0.25, -0.2) is 5.48 Å². The molecule has 0 radical (unpaired) electrons. The second-order valence-electron chi connectivity index (χ2n) is 11.3. The number of benzene rings is 1. The Morgan fingerprint density at radius 3 is 1.82 bits per heavy atom. The maximum Gasteiger partial charge on any atom is 0.303 e. The minimum Gasteiger partial charge on any atom is -0.481 e. The first kappa shape index (κ1) is 36.0. The third-order valence-electron chi connectivity index (χ3n) is 7.49. The second kappa shape index (κ2) is 26.0. The fraction of sp³-hybridized carbons (Fsp3) is 0.714. The number of hydrogen-bond donors (Lipinski definition) is 2. The van der Waals surface area contributed by atoms with Crippen LogP contribution in [0.4, 0.5) is 0 Å². The van der Waals surface area contributed by atoms with E-state index in [1.54, 1.807) is 0 Å². The number of carbonyl (C=O) groups is 2. The number of allylic oxidation sites excluding steroid dienone is 1. The molecular formula is C35H59NO4. The predicted molar refractivity (Wildman–Crippen MR) is 169 cm³/mol. The molecular weight excluding hydrogens is 498 g/mol. The van der Waals surface area contributed by atoms with Gasteiger partial charge in [-0.1, -0.05) is 153 Å². The molecule has 1 aromatic carbocycles. The van der Waals surface area contributed by atoms with Crippen molar-refractivity contribution >= 4 is 17.8 Å². The van der Waals surface area contributed by atoms with Crippen LogP contribution in [0.1, 0.15) is 165 Å². The predicted octanol–water partition coefficient (Wildman–Crippen LogP) is 10.1. The van der Waals surface area contributed by atoms with Crippen LogP contribution in [0, 0.1) is 0 Å². The van der Waals surface area contributed by atoms with Gasteiger partial charge in [0.2, 0.25) is 0 Å². The summed E-state index contributed by atoms with van der Waals surface area (Å²) >= 11 is 0. The summed E-state index contributed by atoms with van der Waals surface area (Å²) in [5, 5.41) is 8.77. The minimum atomic E-state index is -0.828. The first-order valence-electron chi connectivity index (χ1n) is 16.5. The molecule has 0 aliphatic rings. The number of Topliss-reactive ketones (excluding diaryl/α,β-unsaturated/α-hetero) is 1. The Bertz CT molecular complexity index is 774. The number of hydroxylamine groups is 1. The average Bonchev–Trinajstić information content (AvgIpc) is 2.95. The fourth-order valence-corrected chi connectivity index (χ4v) is 4.92. The summed E-state index contributed by atoms with van der Waals surface area (Å²) in [6, 6.07) is 7.76. The SMILES string of the molecule is CCCCCCCCCCCCCCCCC=Cc1ccc(C(=O)C(CCCCC)ONCCCC(=O)O)cc1. The zero-order chi connectivity index (χ0) is 29.1. The van der Waals surface area contributed by atoms with Crippen molar-refractivity contribution in [2.24, 2.45) is 0 Å². The zero-order valence-electron chi connectivity index (χ0n) is 25.8. The summed E-state index contributed by atoms with van der Waals surface area (Å²) in [6.45, 7) is 4.82. The number of carboxylic acid groups (broad SMARTS) is 1. The van der Waals surface area contributed by atoms with Crippen LogP contribution >= 0.6 is 0 Å². The van der Waals surface area contributed by atoms with Crippen molar-refractivity contribution in [2.75, 3.05) is 6.54 Å². The van der Waals surface area contributed by atoms with Crippen molar-refractivity contribution in [3.8, 4) is 0 Å². The fourth-order valence-electron chi connectivity index (χ4n) is 4.92. The Morgan fingerprint density at radius 1 is 0.750 bits per heavy atom. The van der Waals surface area contributed by atoms with Crippen LogP contribution in [0.2, 0.25) is 0 Å². The summed E-state index contributed by atoms with van der Waals surface area (Å²) in [6.07, 6.45) is 28.5. The van der Waals surface area contributed by atoms with Gasteiger partial charge in [-0.05, 0) is 31.2 Å². The van der Waals surface area contributed by atoms with Crippen LogP contribution in [0.5, 0.6) is 0 Å². The Hall–Kier alpha value is -1.98. The van der Waals surface area contributed by atoms with Crippen LogP contribution in [-0.2, 0) is 9.63 Å². The molecule has 1 aromatic rings. The normalized spacial score (nSPS) is 12.2. The van der Waals surface area contributed by atoms with Crippen LogP contribution < -0.4 is 5.48 Å². The lowest BCUT2D eigenvalue weighted by atomic mass is 10.00. The zero-order valence-corrected chi connectivity index (χ0v) is 25.8. The number of hydrogen-bond acceptors (Lipinski definition) is 4. The third kappa shape index (κ3) is 20.0. The molecule has 40 heavy (non-hydrogen) atoms. The van der Waals surface area contributed by atoms with Gasteiger partial charge in [0.15, 0.2) is 5.78 Å². The lowest BCUT2D eigenvalue weighted by molar-refractivity contribution is -0.137. The van der Waals surface area contributed by atoms with Gasteiger partial charge in [0.05, 0.1) is 0 Å². The highest BCUT2D eigenvalue weighted by molar-refractivity contribution is 5.99. The molecule has 0 aliphatic heterocycles. The first-order chi connectivity index (χ1) is 19.6. The summed E-state index contributed by atoms with van der Waals surface area (Å²) in [4.78, 5) is 29.4. The largest absolute Gasteiger partial charge is 0.481 e. The molecule has 1 rings (SSSR count). The van der Waals surface area contributed by atoms with Gasteiger partial charge >= 0.3 is 5.97 Å². The van der Waals surface area contributed by atoms with Gasteiger partial charge < -0.3 is 5.11 Å². The Morgan fingerprint density at radius 2 is 1.27 bits per heavy atom. The molecule has 5 nitrogen and oxygen atoms in total. The molecule has 0 heterocycles. The molecule has 0 saturated carbocycles. The number of carboxylic acids is 1. The van der Waals surface area contributed by atoms with Crippen molar-refractivity contribution in [3.05, 3.63) is 41.5 Å². The molecule has 1 atom stereocenters. The van der Waals surface area contributed by atoms with Crippen molar-refractivity contribution in [2.45, 2.75) is 155 Å². The standard InChI is InChI=1S/C35H59NO4/c1-3-5-7-8-9-10-11-12-13-14-15-16-17-18-19-21-23-31-26-28-32(29-27-31)35(39)33(24-20-6-4-2)40-36-30-22-25-34(37)38/h21,23,26-29,33,36H,3-20,22,24-25,30H2,1-2H3,(H,37,38). The minimum absolute atomic E-state index is 0.0280. The Balaban J connectivity index is 2.22. The van der Waals surface area contributed by atoms with Crippen molar-refractivity contribution in [1.82, 2.24) is 5.48 Å². The van der Waals surface area contributed by atoms with E-state index < -0.39 is 12.1 Å². The summed E-state index contributed by atoms with van der Waals surface area (Å²) in [7, 11) is 0. The van der Waals surface area contributed by atoms with Crippen LogP contribution in [-0.4, -0.2) is 29.5 Å². The first-order valence-corrected chi connectivity index (χ1v) is 16.5. The van der Waals surface area contributed by atoms with Gasteiger partial charge in [-0.2, -0.15) is 0 Å². The van der Waals surface area contributed by atoms with Crippen LogP contribution in [0.25, 0.3) is 6.08 Å². The summed E-state index contributed by atoms with van der Waals surface area (Å²) < 4.78 is 0. The highest BCUT2D eigenvalue weighted by Crippen LogP contribution is 2.16. The Kier molecular flexibility index (Phi) is 23.4. The summed E-state index contributed by atoms with van der Waals surface area (Å²) in [5.74, 6) is -0.856. The van der Waals surface area contributed by atoms with Gasteiger partial charge in [0.1, 0.15) is 6.10 Å². The lowest BCUT2D eigenvalue weighted by Gasteiger charge is -2.17. The number of unbranched alkanes of at least 4 members (excludes halogenated alkanes) is 16. The van der Waals surface area contributed by atoms with E-state index in [0.717, 1.165) is 31.2 Å². The van der Waals surface area contributed by atoms with Gasteiger partial charge in [0, 0.05) is 18.5 Å². The average molecular weight is 558 g/mol. The number of ketones is 1. The molecule has 0 aliphatic carbocycles. The van der Waals surface area contributed by atoms with E-state index in [4.69, 9.17) is 9.94 Å². The van der Waals surface area contributed by atoms with Crippen molar-refractivity contribution in [1.29, 1.82) is 0 Å². The highest BCUT2D eigenvalue weighted by Gasteiger charge is 2.21. The number of rotatable bonds is 28. The number of nitrogens with one attached hydrogen (secondary N) is 1. The van der Waals surface area contributed by atoms with Crippen molar-refractivity contribution < 1.29 is 19.5 Å². The maximum absolute atomic E-state index is 13.1.